The monoisotopic (exact) mass is 365 g/mol. The smallest absolute Gasteiger partial charge is 0.254 e. The Labute approximate surface area is 161 Å². The van der Waals surface area contributed by atoms with Crippen LogP contribution in [-0.2, 0) is 0 Å². The van der Waals surface area contributed by atoms with E-state index < -0.39 is 0 Å². The first-order valence-corrected chi connectivity index (χ1v) is 9.88. The number of methoxy groups -OCH3 is 1. The largest absolute Gasteiger partial charge is 0.481 e. The number of benzene rings is 1. The molecule has 1 unspecified atom stereocenters. The molecule has 2 aliphatic rings. The molecular formula is C22H27N3O2. The summed E-state index contributed by atoms with van der Waals surface area (Å²) in [5, 5.41) is 0. The van der Waals surface area contributed by atoms with Gasteiger partial charge in [-0.2, -0.15) is 0 Å². The Hall–Kier alpha value is -2.40. The van der Waals surface area contributed by atoms with Crippen LogP contribution < -0.4 is 4.74 Å². The number of ether oxygens (including phenoxy) is 1. The number of aromatic nitrogens is 1. The van der Waals surface area contributed by atoms with Crippen molar-refractivity contribution in [1.29, 1.82) is 0 Å². The predicted octanol–water partition coefficient (Wildman–Crippen LogP) is 3.46. The zero-order chi connectivity index (χ0) is 18.6. The molecule has 2 aromatic rings. The van der Waals surface area contributed by atoms with Gasteiger partial charge in [0.15, 0.2) is 0 Å². The van der Waals surface area contributed by atoms with Crippen LogP contribution in [0, 0.1) is 0 Å². The Morgan fingerprint density at radius 1 is 1.04 bits per heavy atom. The van der Waals surface area contributed by atoms with E-state index in [4.69, 9.17) is 4.74 Å². The fraction of sp³-hybridized carbons (Fsp3) is 0.455. The first-order valence-electron chi connectivity index (χ1n) is 9.88. The molecule has 1 amide bonds. The van der Waals surface area contributed by atoms with E-state index in [1.54, 1.807) is 13.3 Å². The second kappa shape index (κ2) is 8.09. The molecule has 0 spiro atoms. The van der Waals surface area contributed by atoms with Gasteiger partial charge in [-0.15, -0.1) is 0 Å². The number of carbonyl (C=O) groups excluding carboxylic acids is 1. The highest BCUT2D eigenvalue weighted by Crippen LogP contribution is 2.25. The highest BCUT2D eigenvalue weighted by molar-refractivity contribution is 5.95. The molecule has 0 bridgehead atoms. The first kappa shape index (κ1) is 18.0. The molecule has 2 saturated heterocycles. The maximum atomic E-state index is 13.0. The Kier molecular flexibility index (Phi) is 5.39. The minimum Gasteiger partial charge on any atom is -0.481 e. The molecule has 5 heteroatoms. The van der Waals surface area contributed by atoms with E-state index in [9.17, 15) is 4.79 Å². The van der Waals surface area contributed by atoms with Crippen molar-refractivity contribution in [3.63, 3.8) is 0 Å². The van der Waals surface area contributed by atoms with E-state index in [1.165, 1.54) is 25.9 Å². The Morgan fingerprint density at radius 2 is 1.78 bits per heavy atom. The molecule has 2 fully saturated rings. The molecule has 0 N–H and O–H groups in total. The summed E-state index contributed by atoms with van der Waals surface area (Å²) in [7, 11) is 1.61. The number of hydrogen-bond acceptors (Lipinski definition) is 4. The number of nitrogens with zero attached hydrogens (tertiary/aromatic N) is 3. The maximum Gasteiger partial charge on any atom is 0.254 e. The van der Waals surface area contributed by atoms with Crippen LogP contribution in [0.3, 0.4) is 0 Å². The highest BCUT2D eigenvalue weighted by Gasteiger charge is 2.31. The zero-order valence-electron chi connectivity index (χ0n) is 15.9. The summed E-state index contributed by atoms with van der Waals surface area (Å²) in [6.45, 7) is 4.27. The summed E-state index contributed by atoms with van der Waals surface area (Å²) < 4.78 is 5.11. The van der Waals surface area contributed by atoms with Gasteiger partial charge < -0.3 is 14.5 Å². The van der Waals surface area contributed by atoms with Gasteiger partial charge in [0.2, 0.25) is 5.88 Å². The lowest BCUT2D eigenvalue weighted by atomic mass is 10.0. The number of pyridine rings is 1. The molecule has 4 rings (SSSR count). The van der Waals surface area contributed by atoms with E-state index in [0.717, 1.165) is 42.6 Å². The zero-order valence-corrected chi connectivity index (χ0v) is 15.9. The molecule has 1 atom stereocenters. The fourth-order valence-corrected chi connectivity index (χ4v) is 4.20. The molecule has 1 aromatic heterocycles. The average molecular weight is 365 g/mol. The van der Waals surface area contributed by atoms with Crippen molar-refractivity contribution in [3.8, 4) is 17.0 Å². The second-order valence-corrected chi connectivity index (χ2v) is 7.47. The van der Waals surface area contributed by atoms with Crippen molar-refractivity contribution in [2.24, 2.45) is 0 Å². The lowest BCUT2D eigenvalue weighted by Gasteiger charge is -2.28. The van der Waals surface area contributed by atoms with Crippen molar-refractivity contribution in [2.45, 2.75) is 31.7 Å². The number of carbonyl (C=O) groups is 1. The average Bonchev–Trinajstić information content (AvgIpc) is 3.40. The third kappa shape index (κ3) is 3.98. The molecule has 1 aromatic carbocycles. The Morgan fingerprint density at radius 3 is 2.44 bits per heavy atom. The molecule has 2 aliphatic heterocycles. The molecule has 3 heterocycles. The van der Waals surface area contributed by atoms with Crippen LogP contribution in [-0.4, -0.2) is 60.0 Å². The molecule has 0 radical (unpaired) electrons. The van der Waals surface area contributed by atoms with Gasteiger partial charge in [-0.05, 0) is 62.5 Å². The van der Waals surface area contributed by atoms with Crippen LogP contribution in [0.4, 0.5) is 0 Å². The van der Waals surface area contributed by atoms with Gasteiger partial charge in [-0.25, -0.2) is 4.98 Å². The number of rotatable bonds is 5. The van der Waals surface area contributed by atoms with Gasteiger partial charge in [-0.1, -0.05) is 12.1 Å². The third-order valence-corrected chi connectivity index (χ3v) is 5.72. The Bertz CT molecular complexity index is 767. The minimum atomic E-state index is 0.163. The summed E-state index contributed by atoms with van der Waals surface area (Å²) in [5.74, 6) is 0.764. The lowest BCUT2D eigenvalue weighted by Crippen LogP contribution is -2.42. The molecule has 5 nitrogen and oxygen atoms in total. The standard InChI is InChI=1S/C22H27N3O2/c1-27-21-11-10-19(15-23-21)17-6-8-18(9-7-17)22(26)25-14-4-5-20(25)16-24-12-2-3-13-24/h6-11,15,20H,2-5,12-14,16H2,1H3. The number of amides is 1. The SMILES string of the molecule is COc1ccc(-c2ccc(C(=O)N3CCCC3CN3CCCC3)cc2)cn1. The maximum absolute atomic E-state index is 13.0. The quantitative estimate of drug-likeness (QED) is 0.814. The normalized spacial score (nSPS) is 20.2. The van der Waals surface area contributed by atoms with Gasteiger partial charge >= 0.3 is 0 Å². The van der Waals surface area contributed by atoms with Gasteiger partial charge in [-0.3, -0.25) is 4.79 Å². The van der Waals surface area contributed by atoms with Gasteiger partial charge in [0.05, 0.1) is 7.11 Å². The summed E-state index contributed by atoms with van der Waals surface area (Å²) in [5.41, 5.74) is 2.84. The van der Waals surface area contributed by atoms with E-state index in [0.29, 0.717) is 11.9 Å². The van der Waals surface area contributed by atoms with Crippen LogP contribution in [0.25, 0.3) is 11.1 Å². The van der Waals surface area contributed by atoms with E-state index >= 15 is 0 Å². The number of likely N-dealkylation sites (tertiary alicyclic amines) is 2. The van der Waals surface area contributed by atoms with Crippen molar-refractivity contribution < 1.29 is 9.53 Å². The van der Waals surface area contributed by atoms with Crippen LogP contribution in [0.5, 0.6) is 5.88 Å². The van der Waals surface area contributed by atoms with Crippen LogP contribution >= 0.6 is 0 Å². The molecule has 0 aliphatic carbocycles. The van der Waals surface area contributed by atoms with Crippen LogP contribution in [0.1, 0.15) is 36.0 Å². The Balaban J connectivity index is 1.44. The fourth-order valence-electron chi connectivity index (χ4n) is 4.20. The van der Waals surface area contributed by atoms with Crippen LogP contribution in [0.15, 0.2) is 42.6 Å². The van der Waals surface area contributed by atoms with Crippen molar-refractivity contribution in [3.05, 3.63) is 48.2 Å². The van der Waals surface area contributed by atoms with Crippen molar-refractivity contribution in [1.82, 2.24) is 14.8 Å². The first-order chi connectivity index (χ1) is 13.2. The third-order valence-electron chi connectivity index (χ3n) is 5.72. The van der Waals surface area contributed by atoms with Crippen molar-refractivity contribution in [2.75, 3.05) is 33.3 Å². The topological polar surface area (TPSA) is 45.7 Å². The molecular weight excluding hydrogens is 338 g/mol. The number of hydrogen-bond donors (Lipinski definition) is 0. The summed E-state index contributed by atoms with van der Waals surface area (Å²) in [4.78, 5) is 21.9. The highest BCUT2D eigenvalue weighted by atomic mass is 16.5. The van der Waals surface area contributed by atoms with E-state index in [1.807, 2.05) is 36.4 Å². The molecule has 27 heavy (non-hydrogen) atoms. The summed E-state index contributed by atoms with van der Waals surface area (Å²) >= 11 is 0. The summed E-state index contributed by atoms with van der Waals surface area (Å²) in [6, 6.07) is 12.1. The predicted molar refractivity (Wildman–Crippen MR) is 106 cm³/mol. The minimum absolute atomic E-state index is 0.163. The lowest BCUT2D eigenvalue weighted by molar-refractivity contribution is 0.0709. The summed E-state index contributed by atoms with van der Waals surface area (Å²) in [6.07, 6.45) is 6.62. The van der Waals surface area contributed by atoms with Gasteiger partial charge in [0.1, 0.15) is 0 Å². The van der Waals surface area contributed by atoms with E-state index in [2.05, 4.69) is 14.8 Å². The second-order valence-electron chi connectivity index (χ2n) is 7.47. The molecule has 0 saturated carbocycles. The van der Waals surface area contributed by atoms with Crippen molar-refractivity contribution >= 4 is 5.91 Å². The molecule has 142 valence electrons. The van der Waals surface area contributed by atoms with Crippen LogP contribution in [0.2, 0.25) is 0 Å². The van der Waals surface area contributed by atoms with Gasteiger partial charge in [0.25, 0.3) is 5.91 Å². The van der Waals surface area contributed by atoms with E-state index in [-0.39, 0.29) is 5.91 Å². The van der Waals surface area contributed by atoms with Gasteiger partial charge in [0, 0.05) is 42.5 Å².